The summed E-state index contributed by atoms with van der Waals surface area (Å²) >= 11 is 1.79. The number of hydrogen-bond donors (Lipinski definition) is 1. The van der Waals surface area contributed by atoms with E-state index in [0.717, 1.165) is 37.2 Å². The highest BCUT2D eigenvalue weighted by molar-refractivity contribution is 7.09. The van der Waals surface area contributed by atoms with Crippen LogP contribution in [0.15, 0.2) is 35.8 Å². The van der Waals surface area contributed by atoms with Gasteiger partial charge in [-0.3, -0.25) is 0 Å². The first-order valence-electron chi connectivity index (χ1n) is 6.96. The highest BCUT2D eigenvalue weighted by Gasteiger charge is 2.24. The summed E-state index contributed by atoms with van der Waals surface area (Å²) in [6.45, 7) is 2.98. The monoisotopic (exact) mass is 284 g/mol. The van der Waals surface area contributed by atoms with E-state index in [1.165, 1.54) is 10.7 Å². The van der Waals surface area contributed by atoms with Crippen molar-refractivity contribution < 1.29 is 0 Å². The molecule has 20 heavy (non-hydrogen) atoms. The third-order valence-electron chi connectivity index (χ3n) is 3.85. The summed E-state index contributed by atoms with van der Waals surface area (Å²) in [7, 11) is 0. The molecule has 0 bridgehead atoms. The molecule has 4 rings (SSSR count). The fraction of sp³-hybridized carbons (Fsp3) is 0.333. The maximum Gasteiger partial charge on any atom is 0.160 e. The zero-order valence-electron chi connectivity index (χ0n) is 11.1. The summed E-state index contributed by atoms with van der Waals surface area (Å²) in [5, 5.41) is 5.55. The van der Waals surface area contributed by atoms with Gasteiger partial charge in [0.25, 0.3) is 0 Å². The molecule has 0 spiro atoms. The lowest BCUT2D eigenvalue weighted by molar-refractivity contribution is 0.643. The molecule has 102 valence electrons. The molecule has 3 aromatic rings. The highest BCUT2D eigenvalue weighted by Crippen LogP contribution is 2.26. The van der Waals surface area contributed by atoms with Crippen LogP contribution >= 0.6 is 11.3 Å². The summed E-state index contributed by atoms with van der Waals surface area (Å²) in [6.07, 6.45) is 3.01. The Hall–Kier alpha value is -1.72. The minimum absolute atomic E-state index is 0.504. The Balaban J connectivity index is 1.83. The van der Waals surface area contributed by atoms with Gasteiger partial charge < -0.3 is 9.88 Å². The fourth-order valence-electron chi connectivity index (χ4n) is 2.88. The largest absolute Gasteiger partial charge is 0.316 e. The quantitative estimate of drug-likeness (QED) is 0.804. The van der Waals surface area contributed by atoms with Gasteiger partial charge in [-0.25, -0.2) is 9.97 Å². The van der Waals surface area contributed by atoms with E-state index in [-0.39, 0.29) is 0 Å². The first-order valence-corrected chi connectivity index (χ1v) is 7.84. The lowest BCUT2D eigenvalue weighted by Crippen LogP contribution is -2.13. The van der Waals surface area contributed by atoms with Crippen LogP contribution in [-0.4, -0.2) is 27.6 Å². The van der Waals surface area contributed by atoms with Gasteiger partial charge >= 0.3 is 0 Å². The number of nitrogens with zero attached hydrogens (tertiary/aromatic N) is 3. The highest BCUT2D eigenvalue weighted by atomic mass is 32.1. The van der Waals surface area contributed by atoms with E-state index in [4.69, 9.17) is 4.98 Å². The zero-order valence-corrected chi connectivity index (χ0v) is 11.9. The van der Waals surface area contributed by atoms with Gasteiger partial charge in [-0.2, -0.15) is 0 Å². The summed E-state index contributed by atoms with van der Waals surface area (Å²) in [5.74, 6) is 1.68. The molecule has 1 aliphatic heterocycles. The first kappa shape index (κ1) is 12.1. The third-order valence-corrected chi connectivity index (χ3v) is 4.71. The molecule has 1 unspecified atom stereocenters. The molecule has 1 atom stereocenters. The number of rotatable bonds is 3. The number of aromatic nitrogens is 3. The molecule has 4 nitrogen and oxygen atoms in total. The molecule has 5 heteroatoms. The Morgan fingerprint density at radius 1 is 1.35 bits per heavy atom. The van der Waals surface area contributed by atoms with E-state index in [0.29, 0.717) is 5.92 Å². The van der Waals surface area contributed by atoms with Gasteiger partial charge in [-0.05, 0) is 36.5 Å². The molecule has 1 aliphatic rings. The van der Waals surface area contributed by atoms with Crippen molar-refractivity contribution in [3.05, 3.63) is 46.5 Å². The van der Waals surface area contributed by atoms with E-state index < -0.39 is 0 Å². The molecular formula is C15H16N4S. The Bertz CT molecular complexity index is 711. The van der Waals surface area contributed by atoms with Crippen LogP contribution in [0.3, 0.4) is 0 Å². The number of fused-ring (bicyclic) bond motifs is 1. The summed E-state index contributed by atoms with van der Waals surface area (Å²) in [4.78, 5) is 10.7. The number of thiophene rings is 1. The van der Waals surface area contributed by atoms with Crippen LogP contribution < -0.4 is 5.32 Å². The third kappa shape index (κ3) is 2.03. The molecule has 0 aromatic carbocycles. The van der Waals surface area contributed by atoms with E-state index in [9.17, 15) is 0 Å². The molecule has 4 heterocycles. The Morgan fingerprint density at radius 3 is 3.15 bits per heavy atom. The number of imidazole rings is 1. The predicted octanol–water partition coefficient (Wildman–Crippen LogP) is 2.62. The van der Waals surface area contributed by atoms with Gasteiger partial charge in [0, 0.05) is 23.5 Å². The van der Waals surface area contributed by atoms with Crippen molar-refractivity contribution in [1.82, 2.24) is 19.9 Å². The SMILES string of the molecule is c1csc(Cn2c(C3CCNC3)nc3cccnc32)c1. The average Bonchev–Trinajstić information content (AvgIpc) is 3.19. The summed E-state index contributed by atoms with van der Waals surface area (Å²) < 4.78 is 2.29. The van der Waals surface area contributed by atoms with E-state index >= 15 is 0 Å². The maximum atomic E-state index is 4.84. The van der Waals surface area contributed by atoms with Crippen molar-refractivity contribution in [3.63, 3.8) is 0 Å². The molecule has 0 amide bonds. The van der Waals surface area contributed by atoms with Gasteiger partial charge in [0.2, 0.25) is 0 Å². The number of nitrogens with one attached hydrogen (secondary N) is 1. The lowest BCUT2D eigenvalue weighted by Gasteiger charge is -2.11. The van der Waals surface area contributed by atoms with Crippen molar-refractivity contribution in [1.29, 1.82) is 0 Å². The second-order valence-corrected chi connectivity index (χ2v) is 6.20. The normalized spacial score (nSPS) is 18.9. The van der Waals surface area contributed by atoms with E-state index in [1.54, 1.807) is 11.3 Å². The molecule has 1 saturated heterocycles. The van der Waals surface area contributed by atoms with Crippen molar-refractivity contribution >= 4 is 22.5 Å². The van der Waals surface area contributed by atoms with Crippen LogP contribution in [0.1, 0.15) is 23.0 Å². The average molecular weight is 284 g/mol. The summed E-state index contributed by atoms with van der Waals surface area (Å²) in [6, 6.07) is 8.29. The summed E-state index contributed by atoms with van der Waals surface area (Å²) in [5.41, 5.74) is 2.01. The Morgan fingerprint density at radius 2 is 2.35 bits per heavy atom. The predicted molar refractivity (Wildman–Crippen MR) is 81.2 cm³/mol. The van der Waals surface area contributed by atoms with Gasteiger partial charge in [-0.15, -0.1) is 11.3 Å². The first-order chi connectivity index (χ1) is 9.92. The van der Waals surface area contributed by atoms with E-state index in [2.05, 4.69) is 38.4 Å². The van der Waals surface area contributed by atoms with Crippen LogP contribution in [0.5, 0.6) is 0 Å². The second-order valence-electron chi connectivity index (χ2n) is 5.17. The van der Waals surface area contributed by atoms with Crippen LogP contribution in [0, 0.1) is 0 Å². The van der Waals surface area contributed by atoms with Crippen molar-refractivity contribution in [2.45, 2.75) is 18.9 Å². The van der Waals surface area contributed by atoms with Gasteiger partial charge in [0.05, 0.1) is 6.54 Å². The smallest absolute Gasteiger partial charge is 0.160 e. The van der Waals surface area contributed by atoms with E-state index in [1.807, 2.05) is 12.3 Å². The van der Waals surface area contributed by atoms with Crippen molar-refractivity contribution in [2.24, 2.45) is 0 Å². The topological polar surface area (TPSA) is 42.7 Å². The molecule has 0 aliphatic carbocycles. The molecule has 3 aromatic heterocycles. The van der Waals surface area contributed by atoms with Crippen LogP contribution in [0.4, 0.5) is 0 Å². The van der Waals surface area contributed by atoms with Crippen molar-refractivity contribution in [2.75, 3.05) is 13.1 Å². The maximum absolute atomic E-state index is 4.84. The molecule has 0 saturated carbocycles. The van der Waals surface area contributed by atoms with Crippen LogP contribution in [0.25, 0.3) is 11.2 Å². The number of pyridine rings is 1. The zero-order chi connectivity index (χ0) is 13.4. The van der Waals surface area contributed by atoms with Crippen LogP contribution in [0.2, 0.25) is 0 Å². The molecule has 1 N–H and O–H groups in total. The van der Waals surface area contributed by atoms with Gasteiger partial charge in [0.1, 0.15) is 11.3 Å². The molecule has 1 fully saturated rings. The second kappa shape index (κ2) is 5.00. The van der Waals surface area contributed by atoms with Crippen molar-refractivity contribution in [3.8, 4) is 0 Å². The Labute approximate surface area is 121 Å². The van der Waals surface area contributed by atoms with Gasteiger partial charge in [-0.1, -0.05) is 6.07 Å². The fourth-order valence-corrected chi connectivity index (χ4v) is 3.57. The molecular weight excluding hydrogens is 268 g/mol. The van der Waals surface area contributed by atoms with Crippen LogP contribution in [-0.2, 0) is 6.54 Å². The lowest BCUT2D eigenvalue weighted by atomic mass is 10.1. The number of hydrogen-bond acceptors (Lipinski definition) is 4. The van der Waals surface area contributed by atoms with Gasteiger partial charge in [0.15, 0.2) is 5.65 Å². The minimum Gasteiger partial charge on any atom is -0.316 e. The Kier molecular flexibility index (Phi) is 3.01. The molecule has 0 radical (unpaired) electrons. The minimum atomic E-state index is 0.504. The standard InChI is InChI=1S/C15H16N4S/c1-4-13-15(17-6-1)19(10-12-3-2-8-20-12)14(18-13)11-5-7-16-9-11/h1-4,6,8,11,16H,5,7,9-10H2.